The first-order valence-corrected chi connectivity index (χ1v) is 11.5. The number of pyridine rings is 1. The summed E-state index contributed by atoms with van der Waals surface area (Å²) in [6.07, 6.45) is -4.06. The standard InChI is InChI=1S/C26H22F4N4O3/c1-31-12-20-23(25(35)34-10-9-14-3-4-16(27)11-15(14)13-34)33-24(37-20)18-5-7-19(36-2)22-17(18)6-8-21(32-22)26(28,29)30/h3-8,11,31H,9-10,12-13H2,1-2H3. The van der Waals surface area contributed by atoms with Gasteiger partial charge < -0.3 is 19.4 Å². The summed E-state index contributed by atoms with van der Waals surface area (Å²) in [6, 6.07) is 9.77. The van der Waals surface area contributed by atoms with Gasteiger partial charge in [-0.15, -0.1) is 0 Å². The van der Waals surface area contributed by atoms with Gasteiger partial charge in [-0.25, -0.2) is 14.4 Å². The number of hydrogen-bond donors (Lipinski definition) is 1. The minimum Gasteiger partial charge on any atom is -0.494 e. The van der Waals surface area contributed by atoms with E-state index in [1.807, 2.05) is 0 Å². The van der Waals surface area contributed by atoms with E-state index in [1.54, 1.807) is 24.1 Å². The number of benzene rings is 2. The lowest BCUT2D eigenvalue weighted by molar-refractivity contribution is -0.140. The number of aromatic nitrogens is 2. The van der Waals surface area contributed by atoms with Crippen molar-refractivity contribution in [3.8, 4) is 17.2 Å². The number of amides is 1. The zero-order chi connectivity index (χ0) is 26.3. The van der Waals surface area contributed by atoms with Crippen molar-refractivity contribution in [2.75, 3.05) is 20.7 Å². The van der Waals surface area contributed by atoms with Gasteiger partial charge in [0.15, 0.2) is 11.5 Å². The van der Waals surface area contributed by atoms with Crippen molar-refractivity contribution < 1.29 is 31.5 Å². The van der Waals surface area contributed by atoms with E-state index in [4.69, 9.17) is 9.15 Å². The second-order valence-electron chi connectivity index (χ2n) is 8.62. The van der Waals surface area contributed by atoms with Crippen LogP contribution in [0.2, 0.25) is 0 Å². The summed E-state index contributed by atoms with van der Waals surface area (Å²) in [7, 11) is 3.02. The van der Waals surface area contributed by atoms with Crippen molar-refractivity contribution in [2.24, 2.45) is 0 Å². The smallest absolute Gasteiger partial charge is 0.433 e. The van der Waals surface area contributed by atoms with Crippen LogP contribution < -0.4 is 10.1 Å². The molecule has 4 aromatic rings. The summed E-state index contributed by atoms with van der Waals surface area (Å²) in [5.41, 5.74) is 1.08. The topological polar surface area (TPSA) is 80.5 Å². The van der Waals surface area contributed by atoms with E-state index in [1.165, 1.54) is 31.4 Å². The van der Waals surface area contributed by atoms with Crippen molar-refractivity contribution >= 4 is 16.8 Å². The van der Waals surface area contributed by atoms with Gasteiger partial charge >= 0.3 is 6.18 Å². The van der Waals surface area contributed by atoms with E-state index in [9.17, 15) is 22.4 Å². The molecule has 0 unspecified atom stereocenters. The number of fused-ring (bicyclic) bond motifs is 2. The summed E-state index contributed by atoms with van der Waals surface area (Å²) in [5, 5.41) is 3.26. The van der Waals surface area contributed by atoms with Gasteiger partial charge in [-0.3, -0.25) is 4.79 Å². The van der Waals surface area contributed by atoms with Crippen LogP contribution in [0.5, 0.6) is 5.75 Å². The largest absolute Gasteiger partial charge is 0.494 e. The van der Waals surface area contributed by atoms with Crippen LogP contribution >= 0.6 is 0 Å². The number of hydrogen-bond acceptors (Lipinski definition) is 6. The van der Waals surface area contributed by atoms with Crippen LogP contribution in [0.3, 0.4) is 0 Å². The van der Waals surface area contributed by atoms with Crippen LogP contribution in [0, 0.1) is 5.82 Å². The fraction of sp³-hybridized carbons (Fsp3) is 0.269. The molecule has 7 nitrogen and oxygen atoms in total. The maximum Gasteiger partial charge on any atom is 0.433 e. The molecule has 3 heterocycles. The predicted octanol–water partition coefficient (Wildman–Crippen LogP) is 4.97. The Bertz CT molecular complexity index is 1500. The van der Waals surface area contributed by atoms with Gasteiger partial charge in [0.1, 0.15) is 22.8 Å². The fourth-order valence-electron chi connectivity index (χ4n) is 4.46. The van der Waals surface area contributed by atoms with Crippen molar-refractivity contribution in [1.82, 2.24) is 20.2 Å². The molecule has 2 aromatic heterocycles. The quantitative estimate of drug-likeness (QED) is 0.379. The highest BCUT2D eigenvalue weighted by atomic mass is 19.4. The maximum atomic E-state index is 13.8. The average molecular weight is 514 g/mol. The van der Waals surface area contributed by atoms with Crippen LogP contribution in [0.15, 0.2) is 46.9 Å². The third-order valence-corrected chi connectivity index (χ3v) is 6.27. The Morgan fingerprint density at radius 1 is 1.14 bits per heavy atom. The number of oxazole rings is 1. The number of methoxy groups -OCH3 is 1. The highest BCUT2D eigenvalue weighted by Crippen LogP contribution is 2.37. The Morgan fingerprint density at radius 3 is 2.68 bits per heavy atom. The van der Waals surface area contributed by atoms with Crippen molar-refractivity contribution in [2.45, 2.75) is 25.7 Å². The van der Waals surface area contributed by atoms with Crippen molar-refractivity contribution in [1.29, 1.82) is 0 Å². The Labute approximate surface area is 209 Å². The molecule has 37 heavy (non-hydrogen) atoms. The normalized spacial score (nSPS) is 13.6. The molecule has 1 amide bonds. The first-order chi connectivity index (χ1) is 17.7. The molecule has 0 saturated carbocycles. The van der Waals surface area contributed by atoms with E-state index in [0.717, 1.165) is 17.2 Å². The van der Waals surface area contributed by atoms with Gasteiger partial charge in [0.2, 0.25) is 5.89 Å². The second-order valence-corrected chi connectivity index (χ2v) is 8.62. The number of halogens is 4. The van der Waals surface area contributed by atoms with Crippen molar-refractivity contribution in [3.63, 3.8) is 0 Å². The summed E-state index contributed by atoms with van der Waals surface area (Å²) in [6.45, 7) is 0.842. The summed E-state index contributed by atoms with van der Waals surface area (Å²) in [5.74, 6) is -0.267. The zero-order valence-corrected chi connectivity index (χ0v) is 19.9. The van der Waals surface area contributed by atoms with Crippen LogP contribution in [0.25, 0.3) is 22.4 Å². The number of rotatable bonds is 5. The molecule has 0 bridgehead atoms. The third kappa shape index (κ3) is 4.62. The van der Waals surface area contributed by atoms with Gasteiger partial charge in [-0.05, 0) is 61.0 Å². The van der Waals surface area contributed by atoms with Crippen LogP contribution in [-0.4, -0.2) is 41.5 Å². The van der Waals surface area contributed by atoms with Crippen molar-refractivity contribution in [3.05, 3.63) is 76.6 Å². The summed E-state index contributed by atoms with van der Waals surface area (Å²) in [4.78, 5) is 23.3. The number of carbonyl (C=O) groups excluding carboxylic acids is 1. The number of nitrogens with zero attached hydrogens (tertiary/aromatic N) is 3. The Morgan fingerprint density at radius 2 is 1.95 bits per heavy atom. The molecule has 1 N–H and O–H groups in total. The molecule has 0 saturated heterocycles. The van der Waals surface area contributed by atoms with Gasteiger partial charge in [-0.1, -0.05) is 6.07 Å². The highest BCUT2D eigenvalue weighted by molar-refractivity contribution is 5.98. The van der Waals surface area contributed by atoms with E-state index in [-0.39, 0.29) is 53.4 Å². The Kier molecular flexibility index (Phi) is 6.32. The number of carbonyl (C=O) groups is 1. The predicted molar refractivity (Wildman–Crippen MR) is 126 cm³/mol. The molecular formula is C26H22F4N4O3. The van der Waals surface area contributed by atoms with E-state index in [2.05, 4.69) is 15.3 Å². The molecule has 0 fully saturated rings. The van der Waals surface area contributed by atoms with Gasteiger partial charge in [0, 0.05) is 24.0 Å². The fourth-order valence-corrected chi connectivity index (χ4v) is 4.46. The molecule has 192 valence electrons. The number of alkyl halides is 3. The number of ether oxygens (including phenoxy) is 1. The van der Waals surface area contributed by atoms with Gasteiger partial charge in [-0.2, -0.15) is 13.2 Å². The van der Waals surface area contributed by atoms with E-state index >= 15 is 0 Å². The van der Waals surface area contributed by atoms with Crippen LogP contribution in [-0.2, 0) is 25.7 Å². The lowest BCUT2D eigenvalue weighted by atomic mass is 9.99. The molecule has 0 aliphatic carbocycles. The van der Waals surface area contributed by atoms with Gasteiger partial charge in [0.25, 0.3) is 5.91 Å². The molecule has 1 aliphatic rings. The third-order valence-electron chi connectivity index (χ3n) is 6.27. The summed E-state index contributed by atoms with van der Waals surface area (Å²) >= 11 is 0. The van der Waals surface area contributed by atoms with E-state index in [0.29, 0.717) is 23.9 Å². The van der Waals surface area contributed by atoms with Gasteiger partial charge in [0.05, 0.1) is 13.7 Å². The molecule has 11 heteroatoms. The molecule has 1 aliphatic heterocycles. The Hall–Kier alpha value is -3.99. The monoisotopic (exact) mass is 514 g/mol. The number of nitrogens with one attached hydrogen (secondary N) is 1. The maximum absolute atomic E-state index is 13.8. The lowest BCUT2D eigenvalue weighted by Crippen LogP contribution is -2.36. The first kappa shape index (κ1) is 24.7. The molecule has 0 atom stereocenters. The highest BCUT2D eigenvalue weighted by Gasteiger charge is 2.33. The second kappa shape index (κ2) is 9.47. The SMILES string of the molecule is CNCc1oc(-c2ccc(OC)c3nc(C(F)(F)F)ccc23)nc1C(=O)N1CCc2ccc(F)cc2C1. The molecule has 0 spiro atoms. The first-order valence-electron chi connectivity index (χ1n) is 11.5. The molecule has 0 radical (unpaired) electrons. The molecule has 2 aromatic carbocycles. The molecule has 5 rings (SSSR count). The van der Waals surface area contributed by atoms with Crippen LogP contribution in [0.1, 0.15) is 33.1 Å². The lowest BCUT2D eigenvalue weighted by Gasteiger charge is -2.28. The minimum absolute atomic E-state index is 0.00858. The van der Waals surface area contributed by atoms with E-state index < -0.39 is 11.9 Å². The Balaban J connectivity index is 1.56. The average Bonchev–Trinajstić information content (AvgIpc) is 3.30. The summed E-state index contributed by atoms with van der Waals surface area (Å²) < 4.78 is 64.8. The molecular weight excluding hydrogens is 492 g/mol. The van der Waals surface area contributed by atoms with Crippen LogP contribution in [0.4, 0.5) is 17.6 Å². The minimum atomic E-state index is -4.63. The zero-order valence-electron chi connectivity index (χ0n) is 19.9.